The van der Waals surface area contributed by atoms with Gasteiger partial charge in [-0.15, -0.1) is 0 Å². The lowest BCUT2D eigenvalue weighted by Crippen LogP contribution is -2.50. The Morgan fingerprint density at radius 1 is 1.03 bits per heavy atom. The minimum Gasteiger partial charge on any atom is -0.352 e. The number of amides is 2. The van der Waals surface area contributed by atoms with Crippen LogP contribution in [0.15, 0.2) is 42.5 Å². The lowest BCUT2D eigenvalue weighted by molar-refractivity contribution is -0.141. The second-order valence-electron chi connectivity index (χ2n) is 9.56. The van der Waals surface area contributed by atoms with E-state index in [-0.39, 0.29) is 30.8 Å². The molecule has 0 bridgehead atoms. The molecule has 0 radical (unpaired) electrons. The van der Waals surface area contributed by atoms with E-state index in [1.165, 1.54) is 4.31 Å². The van der Waals surface area contributed by atoms with E-state index in [0.29, 0.717) is 30.1 Å². The third-order valence-electron chi connectivity index (χ3n) is 6.58. The van der Waals surface area contributed by atoms with Crippen LogP contribution in [0.1, 0.15) is 63.1 Å². The fourth-order valence-electron chi connectivity index (χ4n) is 4.17. The van der Waals surface area contributed by atoms with Crippen LogP contribution >= 0.6 is 11.6 Å². The number of sulfonamides is 1. The van der Waals surface area contributed by atoms with E-state index in [1.807, 2.05) is 58.9 Å². The third-order valence-corrected chi connectivity index (χ3v) is 8.00. The average molecular weight is 550 g/mol. The number of hydrogen-bond donors (Lipinski definition) is 1. The Bertz CT molecular complexity index is 1190. The van der Waals surface area contributed by atoms with Crippen LogP contribution in [0.5, 0.6) is 0 Å². The van der Waals surface area contributed by atoms with Crippen LogP contribution in [-0.4, -0.2) is 50.0 Å². The van der Waals surface area contributed by atoms with Crippen molar-refractivity contribution in [2.24, 2.45) is 0 Å². The first-order chi connectivity index (χ1) is 17.4. The van der Waals surface area contributed by atoms with Crippen LogP contribution in [-0.2, 0) is 26.2 Å². The molecule has 0 spiro atoms. The molecule has 204 valence electrons. The van der Waals surface area contributed by atoms with Crippen molar-refractivity contribution in [3.05, 3.63) is 64.2 Å². The molecule has 0 fully saturated rings. The lowest BCUT2D eigenvalue weighted by Gasteiger charge is -2.32. The summed E-state index contributed by atoms with van der Waals surface area (Å²) in [5, 5.41) is 3.45. The molecular weight excluding hydrogens is 510 g/mol. The molecule has 0 saturated carbocycles. The summed E-state index contributed by atoms with van der Waals surface area (Å²) < 4.78 is 26.5. The van der Waals surface area contributed by atoms with Crippen molar-refractivity contribution in [1.29, 1.82) is 0 Å². The Morgan fingerprint density at radius 3 is 2.30 bits per heavy atom. The van der Waals surface area contributed by atoms with E-state index in [0.717, 1.165) is 29.4 Å². The SMILES string of the molecule is CC[C@H](C(=O)N[C@@H](C)CC)N(Cc1ccccc1C)C(=O)CCCN(c1cc(Cl)ccc1C)S(C)(=O)=O. The molecule has 0 aromatic heterocycles. The fraction of sp³-hybridized carbons (Fsp3) is 0.500. The van der Waals surface area contributed by atoms with E-state index < -0.39 is 16.1 Å². The summed E-state index contributed by atoms with van der Waals surface area (Å²) in [6.07, 6.45) is 2.80. The largest absolute Gasteiger partial charge is 0.352 e. The first kappa shape index (κ1) is 30.6. The van der Waals surface area contributed by atoms with Gasteiger partial charge in [0.2, 0.25) is 21.8 Å². The molecule has 0 unspecified atom stereocenters. The molecule has 0 heterocycles. The van der Waals surface area contributed by atoms with Gasteiger partial charge in [0.15, 0.2) is 0 Å². The summed E-state index contributed by atoms with van der Waals surface area (Å²) in [4.78, 5) is 28.3. The van der Waals surface area contributed by atoms with Crippen LogP contribution in [0.4, 0.5) is 5.69 Å². The maximum Gasteiger partial charge on any atom is 0.243 e. The number of carbonyl (C=O) groups is 2. The van der Waals surface area contributed by atoms with Gasteiger partial charge in [-0.2, -0.15) is 0 Å². The molecule has 2 aromatic carbocycles. The Morgan fingerprint density at radius 2 is 1.70 bits per heavy atom. The predicted octanol–water partition coefficient (Wildman–Crippen LogP) is 5.23. The van der Waals surface area contributed by atoms with Gasteiger partial charge >= 0.3 is 0 Å². The molecule has 0 aliphatic rings. The number of aryl methyl sites for hydroxylation is 2. The van der Waals surface area contributed by atoms with Crippen LogP contribution in [0.25, 0.3) is 0 Å². The van der Waals surface area contributed by atoms with E-state index in [9.17, 15) is 18.0 Å². The molecule has 0 aliphatic heterocycles. The molecule has 9 heteroatoms. The highest BCUT2D eigenvalue weighted by Crippen LogP contribution is 2.27. The van der Waals surface area contributed by atoms with E-state index in [1.54, 1.807) is 23.1 Å². The molecule has 1 N–H and O–H groups in total. The first-order valence-corrected chi connectivity index (χ1v) is 15.0. The maximum atomic E-state index is 13.6. The zero-order valence-electron chi connectivity index (χ0n) is 22.8. The summed E-state index contributed by atoms with van der Waals surface area (Å²) >= 11 is 6.13. The highest BCUT2D eigenvalue weighted by atomic mass is 35.5. The molecule has 2 atom stereocenters. The number of nitrogens with one attached hydrogen (secondary N) is 1. The second-order valence-corrected chi connectivity index (χ2v) is 11.9. The van der Waals surface area contributed by atoms with Crippen molar-refractivity contribution in [2.75, 3.05) is 17.1 Å². The van der Waals surface area contributed by atoms with Crippen molar-refractivity contribution in [2.45, 2.75) is 78.9 Å². The Balaban J connectivity index is 2.27. The third kappa shape index (κ3) is 8.75. The Hall–Kier alpha value is -2.58. The molecule has 2 rings (SSSR count). The van der Waals surface area contributed by atoms with Crippen molar-refractivity contribution >= 4 is 39.1 Å². The highest BCUT2D eigenvalue weighted by Gasteiger charge is 2.29. The number of anilines is 1. The monoisotopic (exact) mass is 549 g/mol. The number of hydrogen-bond acceptors (Lipinski definition) is 4. The zero-order valence-corrected chi connectivity index (χ0v) is 24.3. The molecular formula is C28H40ClN3O4S. The van der Waals surface area contributed by atoms with Crippen LogP contribution in [0, 0.1) is 13.8 Å². The fourth-order valence-corrected chi connectivity index (χ4v) is 5.35. The minimum absolute atomic E-state index is 0.00113. The highest BCUT2D eigenvalue weighted by molar-refractivity contribution is 7.92. The summed E-state index contributed by atoms with van der Waals surface area (Å²) in [5.41, 5.74) is 3.28. The molecule has 37 heavy (non-hydrogen) atoms. The van der Waals surface area contributed by atoms with Gasteiger partial charge in [-0.05, 0) is 68.9 Å². The molecule has 7 nitrogen and oxygen atoms in total. The number of benzene rings is 2. The standard InChI is InChI=1S/C28H40ClN3O4S/c1-7-22(5)30-28(34)25(8-2)31(19-23-13-10-9-12-20(23)3)27(33)14-11-17-32(37(6,35)36)26-18-24(29)16-15-21(26)4/h9-10,12-13,15-16,18,22,25H,7-8,11,14,17,19H2,1-6H3,(H,30,34)/t22-,25+/m0/s1. The molecule has 2 amide bonds. The van der Waals surface area contributed by atoms with E-state index in [4.69, 9.17) is 11.6 Å². The minimum atomic E-state index is -3.59. The average Bonchev–Trinajstić information content (AvgIpc) is 2.83. The molecule has 2 aromatic rings. The van der Waals surface area contributed by atoms with Gasteiger partial charge in [-0.25, -0.2) is 8.42 Å². The zero-order chi connectivity index (χ0) is 27.8. The van der Waals surface area contributed by atoms with Gasteiger partial charge in [-0.1, -0.05) is 55.8 Å². The molecule has 0 aliphatic carbocycles. The van der Waals surface area contributed by atoms with Gasteiger partial charge in [-0.3, -0.25) is 13.9 Å². The van der Waals surface area contributed by atoms with Crippen LogP contribution in [0.3, 0.4) is 0 Å². The van der Waals surface area contributed by atoms with Gasteiger partial charge in [0, 0.05) is 30.6 Å². The smallest absolute Gasteiger partial charge is 0.243 e. The Kier molecular flexibility index (Phi) is 11.4. The molecule has 0 saturated heterocycles. The maximum absolute atomic E-state index is 13.6. The van der Waals surface area contributed by atoms with Crippen molar-refractivity contribution in [1.82, 2.24) is 10.2 Å². The van der Waals surface area contributed by atoms with Gasteiger partial charge in [0.1, 0.15) is 6.04 Å². The lowest BCUT2D eigenvalue weighted by atomic mass is 10.0. The van der Waals surface area contributed by atoms with Crippen molar-refractivity contribution < 1.29 is 18.0 Å². The Labute approximate surface area is 227 Å². The van der Waals surface area contributed by atoms with E-state index in [2.05, 4.69) is 5.32 Å². The van der Waals surface area contributed by atoms with Crippen molar-refractivity contribution in [3.8, 4) is 0 Å². The van der Waals surface area contributed by atoms with Crippen LogP contribution < -0.4 is 9.62 Å². The van der Waals surface area contributed by atoms with Crippen LogP contribution in [0.2, 0.25) is 5.02 Å². The second kappa shape index (κ2) is 13.8. The summed E-state index contributed by atoms with van der Waals surface area (Å²) in [6, 6.07) is 12.3. The quantitative estimate of drug-likeness (QED) is 0.371. The van der Waals surface area contributed by atoms with Gasteiger partial charge in [0.25, 0.3) is 0 Å². The number of rotatable bonds is 13. The summed E-state index contributed by atoms with van der Waals surface area (Å²) in [5.74, 6) is -0.364. The van der Waals surface area contributed by atoms with Gasteiger partial charge < -0.3 is 10.2 Å². The van der Waals surface area contributed by atoms with E-state index >= 15 is 0 Å². The normalized spacial score (nSPS) is 13.1. The van der Waals surface area contributed by atoms with Crippen molar-refractivity contribution in [3.63, 3.8) is 0 Å². The predicted molar refractivity (Wildman–Crippen MR) is 151 cm³/mol. The summed E-state index contributed by atoms with van der Waals surface area (Å²) in [7, 11) is -3.59. The number of halogens is 1. The topological polar surface area (TPSA) is 86.8 Å². The number of nitrogens with zero attached hydrogens (tertiary/aromatic N) is 2. The number of carbonyl (C=O) groups excluding carboxylic acids is 2. The summed E-state index contributed by atoms with van der Waals surface area (Å²) in [6.45, 7) is 10.1. The van der Waals surface area contributed by atoms with Gasteiger partial charge in [0.05, 0.1) is 11.9 Å². The first-order valence-electron chi connectivity index (χ1n) is 12.8.